The Bertz CT molecular complexity index is 857. The van der Waals surface area contributed by atoms with E-state index in [2.05, 4.69) is 55.3 Å². The van der Waals surface area contributed by atoms with Crippen LogP contribution in [0.4, 0.5) is 0 Å². The number of hydrogen-bond acceptors (Lipinski definition) is 3. The van der Waals surface area contributed by atoms with Gasteiger partial charge < -0.3 is 14.8 Å². The maximum atomic E-state index is 11.9. The summed E-state index contributed by atoms with van der Waals surface area (Å²) in [5.41, 5.74) is 2.31. The lowest BCUT2D eigenvalue weighted by atomic mass is 10.1. The summed E-state index contributed by atoms with van der Waals surface area (Å²) in [4.78, 5) is 19.1. The van der Waals surface area contributed by atoms with Crippen LogP contribution < -0.4 is 10.9 Å². The summed E-state index contributed by atoms with van der Waals surface area (Å²) in [6.07, 6.45) is 1.82. The molecule has 150 valence electrons. The van der Waals surface area contributed by atoms with Crippen LogP contribution in [0.25, 0.3) is 0 Å². The predicted molar refractivity (Wildman–Crippen MR) is 119 cm³/mol. The average molecular weight is 399 g/mol. The number of benzene rings is 1. The van der Waals surface area contributed by atoms with Crippen LogP contribution >= 0.6 is 11.8 Å². The number of rotatable bonds is 5. The molecule has 1 aromatic heterocycles. The Morgan fingerprint density at radius 1 is 1.18 bits per heavy atom. The largest absolute Gasteiger partial charge is 0.357 e. The van der Waals surface area contributed by atoms with Crippen LogP contribution in [-0.2, 0) is 13.1 Å². The first-order valence-electron chi connectivity index (χ1n) is 9.87. The molecule has 1 N–H and O–H groups in total. The molecule has 5 nitrogen and oxygen atoms in total. The minimum Gasteiger partial charge on any atom is -0.357 e. The molecule has 0 aliphatic carbocycles. The van der Waals surface area contributed by atoms with Crippen molar-refractivity contribution in [1.82, 2.24) is 14.8 Å². The van der Waals surface area contributed by atoms with E-state index >= 15 is 0 Å². The van der Waals surface area contributed by atoms with Crippen LogP contribution in [0, 0.1) is 0 Å². The molecule has 1 aliphatic rings. The predicted octanol–water partition coefficient (Wildman–Crippen LogP) is 3.19. The molecule has 0 unspecified atom stereocenters. The molecule has 1 saturated heterocycles. The zero-order valence-electron chi connectivity index (χ0n) is 17.0. The smallest absolute Gasteiger partial charge is 0.250 e. The van der Waals surface area contributed by atoms with E-state index in [0.29, 0.717) is 13.1 Å². The molecule has 0 atom stereocenters. The summed E-state index contributed by atoms with van der Waals surface area (Å²) < 4.78 is 1.97. The fourth-order valence-corrected chi connectivity index (χ4v) is 4.44. The Morgan fingerprint density at radius 3 is 2.61 bits per heavy atom. The molecule has 2 heterocycles. The fraction of sp³-hybridized carbons (Fsp3) is 0.455. The molecule has 0 radical (unpaired) electrons. The second-order valence-corrected chi connectivity index (χ2v) is 9.49. The molecule has 6 heteroatoms. The van der Waals surface area contributed by atoms with Crippen molar-refractivity contribution in [2.45, 2.75) is 38.6 Å². The van der Waals surface area contributed by atoms with E-state index in [1.165, 1.54) is 5.56 Å². The van der Waals surface area contributed by atoms with Crippen molar-refractivity contribution >= 4 is 17.7 Å². The fourth-order valence-electron chi connectivity index (χ4n) is 3.33. The molecule has 0 bridgehead atoms. The zero-order chi connectivity index (χ0) is 20.0. The van der Waals surface area contributed by atoms with Gasteiger partial charge in [-0.2, -0.15) is 11.8 Å². The lowest BCUT2D eigenvalue weighted by Crippen LogP contribution is -2.50. The van der Waals surface area contributed by atoms with Crippen molar-refractivity contribution in [3.8, 4) is 0 Å². The molecule has 28 heavy (non-hydrogen) atoms. The standard InChI is InChI=1S/C22H30N4OS/c1-4-23-21(26-13-14-28-22(2,3)17-26)24-15-18-8-10-19(11-9-18)16-25-12-6-5-7-20(25)27/h5-12H,4,13-17H2,1-3H3,(H,23,24). The molecule has 2 aromatic rings. The van der Waals surface area contributed by atoms with Gasteiger partial charge in [0.15, 0.2) is 5.96 Å². The van der Waals surface area contributed by atoms with Crippen LogP contribution in [0.2, 0.25) is 0 Å². The summed E-state index contributed by atoms with van der Waals surface area (Å²) >= 11 is 2.03. The molecule has 0 spiro atoms. The molecule has 0 amide bonds. The van der Waals surface area contributed by atoms with E-state index in [1.54, 1.807) is 16.7 Å². The topological polar surface area (TPSA) is 49.6 Å². The van der Waals surface area contributed by atoms with Gasteiger partial charge in [-0.25, -0.2) is 4.99 Å². The number of thioether (sulfide) groups is 1. The third-order valence-electron chi connectivity index (χ3n) is 4.75. The highest BCUT2D eigenvalue weighted by Crippen LogP contribution is 2.29. The number of nitrogens with zero attached hydrogens (tertiary/aromatic N) is 3. The van der Waals surface area contributed by atoms with Crippen LogP contribution in [0.1, 0.15) is 31.9 Å². The van der Waals surface area contributed by atoms with E-state index in [4.69, 9.17) is 4.99 Å². The molecule has 1 aromatic carbocycles. The van der Waals surface area contributed by atoms with Gasteiger partial charge in [0.1, 0.15) is 0 Å². The summed E-state index contributed by atoms with van der Waals surface area (Å²) in [5.74, 6) is 2.13. The van der Waals surface area contributed by atoms with Gasteiger partial charge in [-0.05, 0) is 38.0 Å². The summed E-state index contributed by atoms with van der Waals surface area (Å²) in [6.45, 7) is 10.9. The third-order valence-corrected chi connectivity index (χ3v) is 6.04. The van der Waals surface area contributed by atoms with Crippen molar-refractivity contribution < 1.29 is 0 Å². The summed E-state index contributed by atoms with van der Waals surface area (Å²) in [6, 6.07) is 13.6. The van der Waals surface area contributed by atoms with Crippen LogP contribution in [-0.4, -0.2) is 45.6 Å². The monoisotopic (exact) mass is 398 g/mol. The lowest BCUT2D eigenvalue weighted by molar-refractivity contribution is 0.376. The average Bonchev–Trinajstić information content (AvgIpc) is 2.67. The van der Waals surface area contributed by atoms with Gasteiger partial charge in [-0.15, -0.1) is 0 Å². The SMILES string of the molecule is CCNC(=NCc1ccc(Cn2ccccc2=O)cc1)N1CCSC(C)(C)C1. The van der Waals surface area contributed by atoms with Gasteiger partial charge in [0.2, 0.25) is 0 Å². The van der Waals surface area contributed by atoms with Crippen LogP contribution in [0.5, 0.6) is 0 Å². The number of pyridine rings is 1. The van der Waals surface area contributed by atoms with Crippen molar-refractivity contribution in [1.29, 1.82) is 0 Å². The highest BCUT2D eigenvalue weighted by Gasteiger charge is 2.28. The van der Waals surface area contributed by atoms with Crippen molar-refractivity contribution in [2.24, 2.45) is 4.99 Å². The van der Waals surface area contributed by atoms with Gasteiger partial charge in [0.05, 0.1) is 13.1 Å². The molecule has 0 saturated carbocycles. The Morgan fingerprint density at radius 2 is 1.93 bits per heavy atom. The molecule has 1 fully saturated rings. The zero-order valence-corrected chi connectivity index (χ0v) is 17.8. The van der Waals surface area contributed by atoms with Crippen molar-refractivity contribution in [3.05, 3.63) is 70.1 Å². The molecular formula is C22H30N4OS. The number of aliphatic imine (C=N–C) groups is 1. The molecule has 1 aliphatic heterocycles. The van der Waals surface area contributed by atoms with Crippen molar-refractivity contribution in [3.63, 3.8) is 0 Å². The van der Waals surface area contributed by atoms with Crippen LogP contribution in [0.3, 0.4) is 0 Å². The highest BCUT2D eigenvalue weighted by atomic mass is 32.2. The van der Waals surface area contributed by atoms with E-state index in [0.717, 1.165) is 36.9 Å². The Hall–Kier alpha value is -2.21. The Kier molecular flexibility index (Phi) is 6.83. The minimum atomic E-state index is 0.0223. The van der Waals surface area contributed by atoms with E-state index < -0.39 is 0 Å². The minimum absolute atomic E-state index is 0.0223. The molecular weight excluding hydrogens is 368 g/mol. The number of hydrogen-bond donors (Lipinski definition) is 1. The first-order valence-corrected chi connectivity index (χ1v) is 10.9. The Labute approximate surface area is 171 Å². The number of guanidine groups is 1. The van der Waals surface area contributed by atoms with Crippen molar-refractivity contribution in [2.75, 3.05) is 25.4 Å². The quantitative estimate of drug-likeness (QED) is 0.621. The Balaban J connectivity index is 1.66. The second kappa shape index (κ2) is 9.32. The van der Waals surface area contributed by atoms with E-state index in [1.807, 2.05) is 24.0 Å². The summed E-state index contributed by atoms with van der Waals surface area (Å²) in [7, 11) is 0. The van der Waals surface area contributed by atoms with Gasteiger partial charge in [0.25, 0.3) is 5.56 Å². The normalized spacial score (nSPS) is 16.8. The third kappa shape index (κ3) is 5.64. The van der Waals surface area contributed by atoms with E-state index in [-0.39, 0.29) is 10.3 Å². The summed E-state index contributed by atoms with van der Waals surface area (Å²) in [5, 5.41) is 3.44. The highest BCUT2D eigenvalue weighted by molar-refractivity contribution is 8.00. The van der Waals surface area contributed by atoms with Crippen LogP contribution in [0.15, 0.2) is 58.4 Å². The lowest BCUT2D eigenvalue weighted by Gasteiger charge is -2.39. The molecule has 3 rings (SSSR count). The first kappa shape index (κ1) is 20.5. The van der Waals surface area contributed by atoms with E-state index in [9.17, 15) is 4.79 Å². The van der Waals surface area contributed by atoms with Gasteiger partial charge in [0, 0.05) is 42.4 Å². The second-order valence-electron chi connectivity index (χ2n) is 7.68. The van der Waals surface area contributed by atoms with Gasteiger partial charge >= 0.3 is 0 Å². The van der Waals surface area contributed by atoms with Gasteiger partial charge in [-0.3, -0.25) is 4.79 Å². The van der Waals surface area contributed by atoms with Gasteiger partial charge in [-0.1, -0.05) is 30.3 Å². The number of aromatic nitrogens is 1. The maximum absolute atomic E-state index is 11.9. The maximum Gasteiger partial charge on any atom is 0.250 e. The number of nitrogens with one attached hydrogen (secondary N) is 1. The first-order chi connectivity index (χ1) is 13.5.